The Hall–Kier alpha value is -1.08. The fourth-order valence-corrected chi connectivity index (χ4v) is 5.67. The largest absolute Gasteiger partial charge is 0.249 e. The molecule has 3 rings (SSSR count). The summed E-state index contributed by atoms with van der Waals surface area (Å²) in [6, 6.07) is 11.2. The highest BCUT2D eigenvalue weighted by Gasteiger charge is 2.26. The molecule has 134 valence electrons. The van der Waals surface area contributed by atoms with Gasteiger partial charge in [0, 0.05) is 29.6 Å². The molecule has 0 spiro atoms. The van der Waals surface area contributed by atoms with E-state index in [2.05, 4.69) is 11.9 Å². The van der Waals surface area contributed by atoms with Crippen molar-refractivity contribution >= 4 is 33.4 Å². The Morgan fingerprint density at radius 1 is 1.12 bits per heavy atom. The van der Waals surface area contributed by atoms with Crippen molar-refractivity contribution in [3.8, 4) is 0 Å². The van der Waals surface area contributed by atoms with E-state index >= 15 is 0 Å². The maximum absolute atomic E-state index is 12.6. The van der Waals surface area contributed by atoms with E-state index in [-0.39, 0.29) is 10.1 Å². The Kier molecular flexibility index (Phi) is 6.04. The molecule has 1 fully saturated rings. The third kappa shape index (κ3) is 4.37. The number of pyridine rings is 1. The number of benzene rings is 1. The standard InChI is InChI=1S/C18H21ClN2O2S2/c1-14(16-7-3-4-8-17(16)19)24-18-10-9-15(13-20-18)25(22,23)21-11-5-2-6-12-21/h3-4,7-10,13-14H,2,5-6,11-12H2,1H3/t14-/m0/s1. The fraction of sp³-hybridized carbons (Fsp3) is 0.389. The van der Waals surface area contributed by atoms with E-state index in [0.29, 0.717) is 13.1 Å². The lowest BCUT2D eigenvalue weighted by Gasteiger charge is -2.25. The molecule has 0 saturated carbocycles. The van der Waals surface area contributed by atoms with E-state index < -0.39 is 10.0 Å². The second-order valence-electron chi connectivity index (χ2n) is 6.08. The Bertz CT molecular complexity index is 819. The molecule has 1 atom stereocenters. The van der Waals surface area contributed by atoms with Gasteiger partial charge in [0.1, 0.15) is 4.90 Å². The summed E-state index contributed by atoms with van der Waals surface area (Å²) < 4.78 is 26.9. The van der Waals surface area contributed by atoms with Gasteiger partial charge in [-0.15, -0.1) is 0 Å². The smallest absolute Gasteiger partial charge is 0.244 e. The van der Waals surface area contributed by atoms with Gasteiger partial charge >= 0.3 is 0 Å². The molecule has 0 N–H and O–H groups in total. The number of halogens is 1. The van der Waals surface area contributed by atoms with Crippen LogP contribution < -0.4 is 0 Å². The summed E-state index contributed by atoms with van der Waals surface area (Å²) in [5, 5.41) is 1.64. The van der Waals surface area contributed by atoms with Crippen LogP contribution in [0, 0.1) is 0 Å². The summed E-state index contributed by atoms with van der Waals surface area (Å²) in [7, 11) is -3.43. The molecule has 0 bridgehead atoms. The summed E-state index contributed by atoms with van der Waals surface area (Å²) in [6.07, 6.45) is 4.41. The molecule has 1 aromatic carbocycles. The summed E-state index contributed by atoms with van der Waals surface area (Å²) in [5.41, 5.74) is 1.04. The first kappa shape index (κ1) is 18.7. The number of nitrogens with zero attached hydrogens (tertiary/aromatic N) is 2. The summed E-state index contributed by atoms with van der Waals surface area (Å²) >= 11 is 7.80. The Morgan fingerprint density at radius 3 is 2.48 bits per heavy atom. The molecule has 0 unspecified atom stereocenters. The van der Waals surface area contributed by atoms with Crippen LogP contribution in [0.15, 0.2) is 52.5 Å². The number of hydrogen-bond acceptors (Lipinski definition) is 4. The monoisotopic (exact) mass is 396 g/mol. The fourth-order valence-electron chi connectivity index (χ4n) is 2.89. The van der Waals surface area contributed by atoms with Crippen molar-refractivity contribution in [3.05, 3.63) is 53.2 Å². The second-order valence-corrected chi connectivity index (χ2v) is 9.78. The van der Waals surface area contributed by atoms with Crippen LogP contribution in [-0.2, 0) is 10.0 Å². The van der Waals surface area contributed by atoms with E-state index in [1.165, 1.54) is 6.20 Å². The SMILES string of the molecule is C[C@H](Sc1ccc(S(=O)(=O)N2CCCCC2)cn1)c1ccccc1Cl. The molecular weight excluding hydrogens is 376 g/mol. The number of piperidine rings is 1. The zero-order valence-electron chi connectivity index (χ0n) is 14.1. The molecule has 1 aromatic heterocycles. The van der Waals surface area contributed by atoms with Crippen molar-refractivity contribution in [2.75, 3.05) is 13.1 Å². The minimum absolute atomic E-state index is 0.130. The van der Waals surface area contributed by atoms with Gasteiger partial charge in [-0.2, -0.15) is 4.31 Å². The van der Waals surface area contributed by atoms with Crippen molar-refractivity contribution in [2.24, 2.45) is 0 Å². The summed E-state index contributed by atoms with van der Waals surface area (Å²) in [6.45, 7) is 3.26. The number of hydrogen-bond donors (Lipinski definition) is 0. The van der Waals surface area contributed by atoms with Crippen LogP contribution in [0.3, 0.4) is 0 Å². The van der Waals surface area contributed by atoms with E-state index in [0.717, 1.165) is 34.9 Å². The Balaban J connectivity index is 1.73. The minimum Gasteiger partial charge on any atom is -0.249 e. The van der Waals surface area contributed by atoms with Gasteiger partial charge in [-0.3, -0.25) is 0 Å². The van der Waals surface area contributed by atoms with Gasteiger partial charge in [0.15, 0.2) is 0 Å². The molecule has 0 amide bonds. The lowest BCUT2D eigenvalue weighted by Crippen LogP contribution is -2.35. The van der Waals surface area contributed by atoms with Crippen molar-refractivity contribution in [2.45, 2.75) is 41.4 Å². The average molecular weight is 397 g/mol. The van der Waals surface area contributed by atoms with Crippen molar-refractivity contribution in [1.29, 1.82) is 0 Å². The van der Waals surface area contributed by atoms with Gasteiger partial charge in [-0.1, -0.05) is 48.0 Å². The first-order valence-corrected chi connectivity index (χ1v) is 11.1. The average Bonchev–Trinajstić information content (AvgIpc) is 2.63. The van der Waals surface area contributed by atoms with Gasteiger partial charge < -0.3 is 0 Å². The molecule has 7 heteroatoms. The predicted molar refractivity (Wildman–Crippen MR) is 103 cm³/mol. The molecule has 1 aliphatic rings. The lowest BCUT2D eigenvalue weighted by atomic mass is 10.2. The van der Waals surface area contributed by atoms with Crippen LogP contribution in [0.5, 0.6) is 0 Å². The van der Waals surface area contributed by atoms with Crippen molar-refractivity contribution in [3.63, 3.8) is 0 Å². The first-order valence-electron chi connectivity index (χ1n) is 8.36. The second kappa shape index (κ2) is 8.08. The minimum atomic E-state index is -3.43. The van der Waals surface area contributed by atoms with Gasteiger partial charge in [0.2, 0.25) is 10.0 Å². The molecule has 0 aliphatic carbocycles. The lowest BCUT2D eigenvalue weighted by molar-refractivity contribution is 0.346. The van der Waals surface area contributed by atoms with Crippen LogP contribution in [0.25, 0.3) is 0 Å². The van der Waals surface area contributed by atoms with E-state index in [1.54, 1.807) is 28.2 Å². The number of thioether (sulfide) groups is 1. The highest BCUT2D eigenvalue weighted by atomic mass is 35.5. The molecule has 1 aliphatic heterocycles. The summed E-state index contributed by atoms with van der Waals surface area (Å²) in [5.74, 6) is 0. The van der Waals surface area contributed by atoms with Crippen LogP contribution in [0.1, 0.15) is 37.0 Å². The highest BCUT2D eigenvalue weighted by molar-refractivity contribution is 7.99. The number of rotatable bonds is 5. The van der Waals surface area contributed by atoms with Crippen LogP contribution >= 0.6 is 23.4 Å². The third-order valence-corrected chi connectivity index (χ3v) is 7.62. The highest BCUT2D eigenvalue weighted by Crippen LogP contribution is 2.37. The maximum atomic E-state index is 12.6. The summed E-state index contributed by atoms with van der Waals surface area (Å²) in [4.78, 5) is 4.62. The quantitative estimate of drug-likeness (QED) is 0.683. The molecule has 1 saturated heterocycles. The Labute approximate surface area is 158 Å². The van der Waals surface area contributed by atoms with E-state index in [9.17, 15) is 8.42 Å². The van der Waals surface area contributed by atoms with Crippen molar-refractivity contribution < 1.29 is 8.42 Å². The van der Waals surface area contributed by atoms with Crippen LogP contribution in [0.4, 0.5) is 0 Å². The molecule has 4 nitrogen and oxygen atoms in total. The van der Waals surface area contributed by atoms with Gasteiger partial charge in [-0.05, 0) is 43.5 Å². The molecule has 0 radical (unpaired) electrons. The topological polar surface area (TPSA) is 50.3 Å². The van der Waals surface area contributed by atoms with Crippen molar-refractivity contribution in [1.82, 2.24) is 9.29 Å². The Morgan fingerprint density at radius 2 is 1.84 bits per heavy atom. The third-order valence-electron chi connectivity index (χ3n) is 4.30. The zero-order chi connectivity index (χ0) is 17.9. The van der Waals surface area contributed by atoms with E-state index in [4.69, 9.17) is 11.6 Å². The van der Waals surface area contributed by atoms with Gasteiger partial charge in [-0.25, -0.2) is 13.4 Å². The number of aromatic nitrogens is 1. The molecule has 2 aromatic rings. The van der Waals surface area contributed by atoms with Gasteiger partial charge in [0.05, 0.1) is 5.03 Å². The zero-order valence-corrected chi connectivity index (χ0v) is 16.4. The van der Waals surface area contributed by atoms with Crippen LogP contribution in [0.2, 0.25) is 5.02 Å². The first-order chi connectivity index (χ1) is 12.0. The maximum Gasteiger partial charge on any atom is 0.244 e. The molecule has 2 heterocycles. The van der Waals surface area contributed by atoms with E-state index in [1.807, 2.05) is 24.3 Å². The normalized spacial score (nSPS) is 17.4. The predicted octanol–water partition coefficient (Wildman–Crippen LogP) is 4.76. The molecular formula is C18H21ClN2O2S2. The molecule has 25 heavy (non-hydrogen) atoms. The van der Waals surface area contributed by atoms with Crippen LogP contribution in [-0.4, -0.2) is 30.8 Å². The number of sulfonamides is 1. The van der Waals surface area contributed by atoms with Gasteiger partial charge in [0.25, 0.3) is 0 Å².